The van der Waals surface area contributed by atoms with Crippen LogP contribution in [0.1, 0.15) is 122 Å². The van der Waals surface area contributed by atoms with Gasteiger partial charge in [-0.15, -0.1) is 0 Å². The molecule has 2 atom stereocenters. The highest BCUT2D eigenvalue weighted by molar-refractivity contribution is 5.92. The van der Waals surface area contributed by atoms with E-state index in [2.05, 4.69) is 27.9 Å². The van der Waals surface area contributed by atoms with Crippen LogP contribution in [0.4, 0.5) is 0 Å². The van der Waals surface area contributed by atoms with E-state index in [1.54, 1.807) is 0 Å². The number of nitrogens with one attached hydrogen (secondary N) is 3. The summed E-state index contributed by atoms with van der Waals surface area (Å²) >= 11 is 0. The van der Waals surface area contributed by atoms with Crippen molar-refractivity contribution in [2.24, 2.45) is 22.2 Å². The minimum atomic E-state index is -1.23. The number of guanidine groups is 1. The molecule has 12 heteroatoms. The van der Waals surface area contributed by atoms with Crippen molar-refractivity contribution >= 4 is 29.7 Å². The van der Waals surface area contributed by atoms with E-state index in [1.165, 1.54) is 77.0 Å². The van der Waals surface area contributed by atoms with Gasteiger partial charge in [-0.2, -0.15) is 0 Å². The van der Waals surface area contributed by atoms with Gasteiger partial charge in [0.2, 0.25) is 17.7 Å². The number of nitrogens with zero attached hydrogens (tertiary/aromatic N) is 1. The monoisotopic (exact) mass is 583 g/mol. The van der Waals surface area contributed by atoms with Crippen LogP contribution in [0.3, 0.4) is 0 Å². The Labute approximate surface area is 246 Å². The number of carboxylic acids is 1. The van der Waals surface area contributed by atoms with Gasteiger partial charge in [-0.25, -0.2) is 0 Å². The molecule has 0 saturated carbocycles. The average Bonchev–Trinajstić information content (AvgIpc) is 2.92. The van der Waals surface area contributed by atoms with E-state index >= 15 is 0 Å². The zero-order valence-corrected chi connectivity index (χ0v) is 25.3. The highest BCUT2D eigenvalue weighted by Crippen LogP contribution is 2.13. The number of aliphatic imine (C=N–C) groups is 1. The number of hydrogen-bond acceptors (Lipinski definition) is 6. The molecule has 0 aromatic carbocycles. The predicted octanol–water partition coefficient (Wildman–Crippen LogP) is 2.43. The molecular formula is C29H57N7O5. The second kappa shape index (κ2) is 26.0. The van der Waals surface area contributed by atoms with Crippen molar-refractivity contribution in [2.75, 3.05) is 19.6 Å². The van der Waals surface area contributed by atoms with Crippen LogP contribution in [-0.4, -0.2) is 66.5 Å². The summed E-state index contributed by atoms with van der Waals surface area (Å²) in [6, 6.07) is -2.09. The van der Waals surface area contributed by atoms with E-state index in [4.69, 9.17) is 22.3 Å². The van der Waals surface area contributed by atoms with E-state index in [9.17, 15) is 19.2 Å². The van der Waals surface area contributed by atoms with Crippen LogP contribution in [0.5, 0.6) is 0 Å². The molecule has 0 aromatic heterocycles. The fraction of sp³-hybridized carbons (Fsp3) is 0.828. The third-order valence-corrected chi connectivity index (χ3v) is 6.84. The van der Waals surface area contributed by atoms with Gasteiger partial charge in [0.15, 0.2) is 5.96 Å². The summed E-state index contributed by atoms with van der Waals surface area (Å²) in [5.41, 5.74) is 16.3. The van der Waals surface area contributed by atoms with Crippen molar-refractivity contribution in [2.45, 2.75) is 135 Å². The molecule has 0 saturated heterocycles. The van der Waals surface area contributed by atoms with Gasteiger partial charge in [0.1, 0.15) is 6.04 Å². The van der Waals surface area contributed by atoms with Crippen LogP contribution in [0.2, 0.25) is 0 Å². The highest BCUT2D eigenvalue weighted by atomic mass is 16.4. The first-order chi connectivity index (χ1) is 19.7. The van der Waals surface area contributed by atoms with E-state index in [1.807, 2.05) is 0 Å². The van der Waals surface area contributed by atoms with Crippen LogP contribution in [0, 0.1) is 0 Å². The summed E-state index contributed by atoms with van der Waals surface area (Å²) in [5, 5.41) is 16.6. The van der Waals surface area contributed by atoms with E-state index in [-0.39, 0.29) is 5.96 Å². The standard InChI is InChI=1S/C29H57N7O5/c1-2-3-4-5-6-7-8-9-10-11-12-13-14-15-16-19-33-28(41)24(21-26(38)39)36-25(37)22-35-27(40)23(30)18-17-20-34-29(31)32/h23-24H,2-22,30H2,1H3,(H,33,41)(H,35,40)(H,36,37)(H,38,39)(H4,31,32,34). The largest absolute Gasteiger partial charge is 0.481 e. The van der Waals surface area contributed by atoms with Crippen molar-refractivity contribution in [1.82, 2.24) is 16.0 Å². The summed E-state index contributed by atoms with van der Waals surface area (Å²) in [4.78, 5) is 51.8. The van der Waals surface area contributed by atoms with Crippen LogP contribution in [0.25, 0.3) is 0 Å². The minimum Gasteiger partial charge on any atom is -0.481 e. The molecule has 0 bridgehead atoms. The summed E-state index contributed by atoms with van der Waals surface area (Å²) in [5.74, 6) is -3.05. The molecule has 0 aromatic rings. The predicted molar refractivity (Wildman–Crippen MR) is 163 cm³/mol. The van der Waals surface area contributed by atoms with E-state index < -0.39 is 48.7 Å². The van der Waals surface area contributed by atoms with Gasteiger partial charge in [0.25, 0.3) is 0 Å². The maximum absolute atomic E-state index is 12.5. The van der Waals surface area contributed by atoms with E-state index in [0.29, 0.717) is 25.9 Å². The zero-order chi connectivity index (χ0) is 30.7. The Balaban J connectivity index is 4.02. The third kappa shape index (κ3) is 24.6. The van der Waals surface area contributed by atoms with Crippen LogP contribution < -0.4 is 33.2 Å². The van der Waals surface area contributed by atoms with Crippen molar-refractivity contribution in [1.29, 1.82) is 0 Å². The molecule has 0 aliphatic rings. The van der Waals surface area contributed by atoms with E-state index in [0.717, 1.165) is 19.3 Å². The quantitative estimate of drug-likeness (QED) is 0.0432. The van der Waals surface area contributed by atoms with Gasteiger partial charge in [-0.05, 0) is 19.3 Å². The maximum atomic E-state index is 12.5. The summed E-state index contributed by atoms with van der Waals surface area (Å²) in [7, 11) is 0. The average molecular weight is 584 g/mol. The van der Waals surface area contributed by atoms with Gasteiger partial charge >= 0.3 is 5.97 Å². The van der Waals surface area contributed by atoms with Crippen LogP contribution >= 0.6 is 0 Å². The smallest absolute Gasteiger partial charge is 0.305 e. The zero-order valence-electron chi connectivity index (χ0n) is 25.3. The maximum Gasteiger partial charge on any atom is 0.305 e. The Morgan fingerprint density at radius 3 is 1.73 bits per heavy atom. The van der Waals surface area contributed by atoms with Gasteiger partial charge in [0, 0.05) is 13.1 Å². The molecule has 0 fully saturated rings. The topological polar surface area (TPSA) is 215 Å². The molecule has 0 spiro atoms. The number of rotatable bonds is 27. The summed E-state index contributed by atoms with van der Waals surface area (Å²) < 4.78 is 0. The molecule has 0 radical (unpaired) electrons. The summed E-state index contributed by atoms with van der Waals surface area (Å²) in [6.45, 7) is 2.56. The van der Waals surface area contributed by atoms with Gasteiger partial charge in [-0.1, -0.05) is 96.8 Å². The number of carboxylic acid groups (broad SMARTS) is 1. The lowest BCUT2D eigenvalue weighted by Gasteiger charge is -2.17. The van der Waals surface area contributed by atoms with Crippen molar-refractivity contribution in [3.05, 3.63) is 0 Å². The molecule has 0 rings (SSSR count). The Morgan fingerprint density at radius 2 is 1.24 bits per heavy atom. The molecule has 238 valence electrons. The Kier molecular flexibility index (Phi) is 24.2. The summed E-state index contributed by atoms with van der Waals surface area (Å²) in [6.07, 6.45) is 18.9. The molecule has 12 nitrogen and oxygen atoms in total. The molecule has 0 heterocycles. The Bertz CT molecular complexity index is 760. The molecule has 0 aliphatic heterocycles. The normalized spacial score (nSPS) is 12.2. The first kappa shape index (κ1) is 38.1. The first-order valence-electron chi connectivity index (χ1n) is 15.5. The molecule has 41 heavy (non-hydrogen) atoms. The SMILES string of the molecule is CCCCCCCCCCCCCCCCCNC(=O)C(CC(=O)O)NC(=O)CNC(=O)C(N)CCCN=C(N)N. The lowest BCUT2D eigenvalue weighted by molar-refractivity contribution is -0.140. The molecular weight excluding hydrogens is 526 g/mol. The van der Waals surface area contributed by atoms with Gasteiger partial charge in [0.05, 0.1) is 19.0 Å². The van der Waals surface area contributed by atoms with Crippen LogP contribution in [-0.2, 0) is 19.2 Å². The Hall–Kier alpha value is -2.89. The third-order valence-electron chi connectivity index (χ3n) is 6.84. The number of unbranched alkanes of at least 4 members (excludes halogenated alkanes) is 14. The molecule has 0 aliphatic carbocycles. The second-order valence-corrected chi connectivity index (χ2v) is 10.7. The first-order valence-corrected chi connectivity index (χ1v) is 15.5. The van der Waals surface area contributed by atoms with Crippen molar-refractivity contribution < 1.29 is 24.3 Å². The Morgan fingerprint density at radius 1 is 0.732 bits per heavy atom. The van der Waals surface area contributed by atoms with Crippen LogP contribution in [0.15, 0.2) is 4.99 Å². The minimum absolute atomic E-state index is 0.0468. The second-order valence-electron chi connectivity index (χ2n) is 10.7. The van der Waals surface area contributed by atoms with Gasteiger partial charge < -0.3 is 38.3 Å². The number of carbonyl (C=O) groups is 4. The van der Waals surface area contributed by atoms with Crippen molar-refractivity contribution in [3.8, 4) is 0 Å². The van der Waals surface area contributed by atoms with Gasteiger partial charge in [-0.3, -0.25) is 24.2 Å². The lowest BCUT2D eigenvalue weighted by atomic mass is 10.0. The highest BCUT2D eigenvalue weighted by Gasteiger charge is 2.24. The number of nitrogens with two attached hydrogens (primary N) is 3. The fourth-order valence-corrected chi connectivity index (χ4v) is 4.41. The molecule has 3 amide bonds. The van der Waals surface area contributed by atoms with Crippen molar-refractivity contribution in [3.63, 3.8) is 0 Å². The fourth-order valence-electron chi connectivity index (χ4n) is 4.41. The number of amides is 3. The molecule has 10 N–H and O–H groups in total. The lowest BCUT2D eigenvalue weighted by Crippen LogP contribution is -2.51. The number of hydrogen-bond donors (Lipinski definition) is 7. The number of aliphatic carboxylic acids is 1. The molecule has 2 unspecified atom stereocenters. The number of carbonyl (C=O) groups excluding carboxylic acids is 3.